The van der Waals surface area contributed by atoms with Crippen LogP contribution in [0.4, 0.5) is 10.2 Å². The van der Waals surface area contributed by atoms with Crippen LogP contribution < -0.4 is 22.5 Å². The molecular formula is C24H22FN5O4S. The SMILES string of the molecule is CC(C)Cn1c(N)c(C(=O)CSc2nc3ccccc3c(=O)n2-c2ccccc2F)c(=O)[nH]c1=O. The predicted octanol–water partition coefficient (Wildman–Crippen LogP) is 2.59. The summed E-state index contributed by atoms with van der Waals surface area (Å²) in [5, 5.41) is 0.352. The van der Waals surface area contributed by atoms with Crippen LogP contribution in [-0.4, -0.2) is 30.6 Å². The van der Waals surface area contributed by atoms with Crippen molar-refractivity contribution in [2.45, 2.75) is 25.5 Å². The van der Waals surface area contributed by atoms with Crippen molar-refractivity contribution in [2.24, 2.45) is 5.92 Å². The molecule has 4 rings (SSSR count). The molecule has 3 N–H and O–H groups in total. The second kappa shape index (κ2) is 9.71. The van der Waals surface area contributed by atoms with E-state index >= 15 is 0 Å². The van der Waals surface area contributed by atoms with E-state index in [1.165, 1.54) is 18.2 Å². The van der Waals surface area contributed by atoms with Gasteiger partial charge in [0.25, 0.3) is 11.1 Å². The molecule has 180 valence electrons. The summed E-state index contributed by atoms with van der Waals surface area (Å²) in [4.78, 5) is 57.5. The Morgan fingerprint density at radius 2 is 1.80 bits per heavy atom. The third kappa shape index (κ3) is 4.67. The highest BCUT2D eigenvalue weighted by Crippen LogP contribution is 2.24. The van der Waals surface area contributed by atoms with Gasteiger partial charge in [-0.15, -0.1) is 0 Å². The number of hydrogen-bond donors (Lipinski definition) is 2. The standard InChI is InChI=1S/C24H22FN5O4S/c1-13(2)11-29-20(26)19(21(32)28-23(29)34)18(31)12-35-24-27-16-9-5-3-7-14(16)22(33)30(24)17-10-6-4-8-15(17)25/h3-10,13H,11-12,26H2,1-2H3,(H,28,32,34). The summed E-state index contributed by atoms with van der Waals surface area (Å²) in [5.41, 5.74) is 3.95. The number of Topliss-reactive ketones (excluding diaryl/α,β-unsaturated/α-hetero) is 1. The zero-order chi connectivity index (χ0) is 25.3. The minimum absolute atomic E-state index is 0.0199. The molecule has 0 bridgehead atoms. The molecule has 2 aromatic carbocycles. The van der Waals surface area contributed by atoms with Crippen LogP contribution in [0.1, 0.15) is 24.2 Å². The van der Waals surface area contributed by atoms with Crippen molar-refractivity contribution in [3.63, 3.8) is 0 Å². The number of fused-ring (bicyclic) bond motifs is 1. The number of carbonyl (C=O) groups excluding carboxylic acids is 1. The molecule has 9 nitrogen and oxygen atoms in total. The number of para-hydroxylation sites is 2. The third-order valence-corrected chi connectivity index (χ3v) is 6.18. The Kier molecular flexibility index (Phi) is 6.70. The number of aromatic nitrogens is 4. The van der Waals surface area contributed by atoms with Gasteiger partial charge >= 0.3 is 5.69 Å². The lowest BCUT2D eigenvalue weighted by Crippen LogP contribution is -2.37. The molecule has 2 aromatic heterocycles. The van der Waals surface area contributed by atoms with E-state index in [1.807, 2.05) is 13.8 Å². The van der Waals surface area contributed by atoms with E-state index in [-0.39, 0.29) is 45.8 Å². The van der Waals surface area contributed by atoms with Crippen LogP contribution in [0, 0.1) is 11.7 Å². The highest BCUT2D eigenvalue weighted by atomic mass is 32.2. The lowest BCUT2D eigenvalue weighted by molar-refractivity contribution is 0.102. The van der Waals surface area contributed by atoms with Crippen molar-refractivity contribution in [1.29, 1.82) is 0 Å². The maximum absolute atomic E-state index is 14.6. The molecule has 0 aliphatic carbocycles. The molecule has 0 fully saturated rings. The summed E-state index contributed by atoms with van der Waals surface area (Å²) < 4.78 is 16.9. The van der Waals surface area contributed by atoms with Gasteiger partial charge in [-0.05, 0) is 30.2 Å². The van der Waals surface area contributed by atoms with Crippen molar-refractivity contribution in [3.8, 4) is 5.69 Å². The number of carbonyl (C=O) groups is 1. The Morgan fingerprint density at radius 3 is 2.51 bits per heavy atom. The van der Waals surface area contributed by atoms with Crippen molar-refractivity contribution in [2.75, 3.05) is 11.5 Å². The summed E-state index contributed by atoms with van der Waals surface area (Å²) in [7, 11) is 0. The average molecular weight is 496 g/mol. The number of aromatic amines is 1. The minimum Gasteiger partial charge on any atom is -0.384 e. The Hall–Kier alpha value is -3.99. The molecular weight excluding hydrogens is 473 g/mol. The fourth-order valence-corrected chi connectivity index (χ4v) is 4.54. The summed E-state index contributed by atoms with van der Waals surface area (Å²) in [6, 6.07) is 12.3. The first kappa shape index (κ1) is 24.1. The molecule has 0 saturated carbocycles. The van der Waals surface area contributed by atoms with Crippen molar-refractivity contribution in [1.82, 2.24) is 19.1 Å². The van der Waals surface area contributed by atoms with Gasteiger partial charge in [-0.1, -0.05) is 49.9 Å². The monoisotopic (exact) mass is 495 g/mol. The summed E-state index contributed by atoms with van der Waals surface area (Å²) >= 11 is 0.864. The predicted molar refractivity (Wildman–Crippen MR) is 133 cm³/mol. The molecule has 0 unspecified atom stereocenters. The van der Waals surface area contributed by atoms with E-state index in [1.54, 1.807) is 30.3 Å². The molecule has 0 saturated heterocycles. The maximum Gasteiger partial charge on any atom is 0.329 e. The normalized spacial score (nSPS) is 11.3. The smallest absolute Gasteiger partial charge is 0.329 e. The number of nitrogens with two attached hydrogens (primary N) is 1. The Morgan fingerprint density at radius 1 is 1.11 bits per heavy atom. The van der Waals surface area contributed by atoms with E-state index < -0.39 is 28.4 Å². The largest absolute Gasteiger partial charge is 0.384 e. The van der Waals surface area contributed by atoms with E-state index in [2.05, 4.69) is 9.97 Å². The second-order valence-electron chi connectivity index (χ2n) is 8.24. The van der Waals surface area contributed by atoms with Crippen molar-refractivity contribution < 1.29 is 9.18 Å². The molecule has 0 aliphatic rings. The number of nitrogens with zero attached hydrogens (tertiary/aromatic N) is 3. The van der Waals surface area contributed by atoms with Crippen LogP contribution in [0.15, 0.2) is 68.1 Å². The first-order valence-corrected chi connectivity index (χ1v) is 11.7. The Labute approximate surface area is 202 Å². The number of anilines is 1. The number of ketones is 1. The van der Waals surface area contributed by atoms with E-state index in [4.69, 9.17) is 5.73 Å². The maximum atomic E-state index is 14.6. The first-order chi connectivity index (χ1) is 16.7. The number of hydrogen-bond acceptors (Lipinski definition) is 7. The van der Waals surface area contributed by atoms with Gasteiger partial charge in [0.1, 0.15) is 17.2 Å². The Balaban J connectivity index is 1.78. The molecule has 0 amide bonds. The number of rotatable bonds is 7. The van der Waals surface area contributed by atoms with Gasteiger partial charge in [0.2, 0.25) is 0 Å². The molecule has 0 spiro atoms. The fourth-order valence-electron chi connectivity index (χ4n) is 3.66. The summed E-state index contributed by atoms with van der Waals surface area (Å²) in [6.45, 7) is 3.94. The van der Waals surface area contributed by atoms with Crippen LogP contribution in [-0.2, 0) is 6.54 Å². The molecule has 0 radical (unpaired) electrons. The van der Waals surface area contributed by atoms with E-state index in [9.17, 15) is 23.6 Å². The number of H-pyrrole nitrogens is 1. The number of nitrogens with one attached hydrogen (secondary N) is 1. The van der Waals surface area contributed by atoms with Crippen LogP contribution in [0.2, 0.25) is 0 Å². The third-order valence-electron chi connectivity index (χ3n) is 5.24. The van der Waals surface area contributed by atoms with Crippen LogP contribution >= 0.6 is 11.8 Å². The summed E-state index contributed by atoms with van der Waals surface area (Å²) in [5.74, 6) is -1.81. The number of benzene rings is 2. The summed E-state index contributed by atoms with van der Waals surface area (Å²) in [6.07, 6.45) is 0. The number of halogens is 1. The highest BCUT2D eigenvalue weighted by molar-refractivity contribution is 7.99. The first-order valence-electron chi connectivity index (χ1n) is 10.7. The second-order valence-corrected chi connectivity index (χ2v) is 9.18. The minimum atomic E-state index is -0.893. The van der Waals surface area contributed by atoms with Gasteiger partial charge in [-0.25, -0.2) is 14.2 Å². The topological polar surface area (TPSA) is 133 Å². The average Bonchev–Trinajstić information content (AvgIpc) is 2.81. The molecule has 0 aliphatic heterocycles. The van der Waals surface area contributed by atoms with E-state index in [0.717, 1.165) is 20.9 Å². The van der Waals surface area contributed by atoms with Crippen molar-refractivity contribution >= 4 is 34.3 Å². The van der Waals surface area contributed by atoms with Crippen LogP contribution in [0.3, 0.4) is 0 Å². The molecule has 11 heteroatoms. The van der Waals surface area contributed by atoms with Gasteiger partial charge in [-0.3, -0.25) is 28.5 Å². The van der Waals surface area contributed by atoms with Crippen LogP contribution in [0.25, 0.3) is 16.6 Å². The van der Waals surface area contributed by atoms with Crippen LogP contribution in [0.5, 0.6) is 0 Å². The number of nitrogen functional groups attached to an aromatic ring is 1. The molecule has 0 atom stereocenters. The van der Waals surface area contributed by atoms with Gasteiger partial charge in [-0.2, -0.15) is 0 Å². The van der Waals surface area contributed by atoms with Gasteiger partial charge in [0.05, 0.1) is 22.3 Å². The lowest BCUT2D eigenvalue weighted by Gasteiger charge is -2.15. The highest BCUT2D eigenvalue weighted by Gasteiger charge is 2.22. The lowest BCUT2D eigenvalue weighted by atomic mass is 10.2. The quantitative estimate of drug-likeness (QED) is 0.229. The zero-order valence-electron chi connectivity index (χ0n) is 18.9. The van der Waals surface area contributed by atoms with Gasteiger partial charge in [0, 0.05) is 6.54 Å². The molecule has 4 aromatic rings. The fraction of sp³-hybridized carbons (Fsp3) is 0.208. The Bertz CT molecular complexity index is 1620. The molecule has 35 heavy (non-hydrogen) atoms. The van der Waals surface area contributed by atoms with Crippen molar-refractivity contribution in [3.05, 3.63) is 91.1 Å². The van der Waals surface area contributed by atoms with Gasteiger partial charge in [0.15, 0.2) is 10.9 Å². The van der Waals surface area contributed by atoms with E-state index in [0.29, 0.717) is 5.52 Å². The van der Waals surface area contributed by atoms with Gasteiger partial charge < -0.3 is 5.73 Å². The number of thioether (sulfide) groups is 1. The molecule has 2 heterocycles. The zero-order valence-corrected chi connectivity index (χ0v) is 19.8.